The van der Waals surface area contributed by atoms with Gasteiger partial charge in [-0.1, -0.05) is 18.2 Å². The topological polar surface area (TPSA) is 63.8 Å². The second kappa shape index (κ2) is 11.8. The maximum Gasteiger partial charge on any atom is 0.213 e. The number of nitrogens with zero attached hydrogens (tertiary/aromatic N) is 1. The Labute approximate surface area is 187 Å². The highest BCUT2D eigenvalue weighted by atomic mass is 127. The predicted molar refractivity (Wildman–Crippen MR) is 128 cm³/mol. The maximum absolute atomic E-state index is 11.0. The summed E-state index contributed by atoms with van der Waals surface area (Å²) in [5, 5.41) is 2.36. The molecule has 0 radical (unpaired) electrons. The first-order chi connectivity index (χ1) is 14.2. The van der Waals surface area contributed by atoms with Crippen molar-refractivity contribution in [2.75, 3.05) is 45.0 Å². The van der Waals surface area contributed by atoms with Crippen molar-refractivity contribution in [3.05, 3.63) is 42.0 Å². The van der Waals surface area contributed by atoms with Crippen molar-refractivity contribution in [2.45, 2.75) is 12.8 Å². The van der Waals surface area contributed by atoms with Crippen LogP contribution in [-0.2, 0) is 24.9 Å². The molecule has 0 aliphatic rings. The Morgan fingerprint density at radius 2 is 1.69 bits per heavy atom. The van der Waals surface area contributed by atoms with Crippen molar-refractivity contribution in [1.29, 1.82) is 0 Å². The summed E-state index contributed by atoms with van der Waals surface area (Å²) in [4.78, 5) is 16.0. The fraction of sp³-hybridized carbons (Fsp3) is 0.381. The number of aromatic amines is 1. The summed E-state index contributed by atoms with van der Waals surface area (Å²) in [5.74, 6) is 0. The van der Waals surface area contributed by atoms with E-state index in [1.807, 2.05) is 12.1 Å². The third-order valence-electron chi connectivity index (χ3n) is 4.69. The van der Waals surface area contributed by atoms with Gasteiger partial charge < -0.3 is 23.5 Å². The lowest BCUT2D eigenvalue weighted by Gasteiger charge is -2.09. The molecule has 8 heteroatoms. The number of amides is 1. The van der Waals surface area contributed by atoms with E-state index >= 15 is 0 Å². The third-order valence-corrected chi connectivity index (χ3v) is 5.71. The molecule has 3 rings (SSSR count). The lowest BCUT2D eigenvalue weighted by Crippen LogP contribution is -2.13. The van der Waals surface area contributed by atoms with Gasteiger partial charge in [-0.2, -0.15) is 0 Å². The number of hydrogen-bond donors (Lipinski definition) is 1. The van der Waals surface area contributed by atoms with Crippen LogP contribution in [0.5, 0.6) is 0 Å². The SMILES string of the molecule is CN(C=O)c1ccc2c(c1)[nH]c1cc(CCCOCCOCCOSI)ccc12. The molecule has 2 aromatic carbocycles. The number of benzene rings is 2. The standard InChI is InChI=1S/C21H25IN2O4S/c1-24(15-25)17-5-7-19-18-6-4-16(13-20(18)23-21(19)14-17)3-2-8-26-9-10-27-11-12-28-29-22/h4-7,13-15,23H,2-3,8-12H2,1H3. The minimum Gasteiger partial charge on any atom is -0.379 e. The van der Waals surface area contributed by atoms with Crippen molar-refractivity contribution in [3.63, 3.8) is 0 Å². The summed E-state index contributed by atoms with van der Waals surface area (Å²) in [7, 11) is 3.07. The molecule has 1 amide bonds. The number of carbonyl (C=O) groups is 1. The van der Waals surface area contributed by atoms with Crippen LogP contribution in [0.1, 0.15) is 12.0 Å². The quantitative estimate of drug-likeness (QED) is 0.148. The van der Waals surface area contributed by atoms with Crippen LogP contribution < -0.4 is 4.90 Å². The summed E-state index contributed by atoms with van der Waals surface area (Å²) < 4.78 is 16.2. The number of halogens is 1. The maximum atomic E-state index is 11.0. The third kappa shape index (κ3) is 6.32. The van der Waals surface area contributed by atoms with Crippen LogP contribution >= 0.6 is 30.4 Å². The van der Waals surface area contributed by atoms with E-state index in [-0.39, 0.29) is 0 Å². The van der Waals surface area contributed by atoms with Gasteiger partial charge in [0.25, 0.3) is 0 Å². The lowest BCUT2D eigenvalue weighted by molar-refractivity contribution is -0.107. The molecule has 1 N–H and O–H groups in total. The smallest absolute Gasteiger partial charge is 0.213 e. The van der Waals surface area contributed by atoms with Gasteiger partial charge in [0.05, 0.1) is 35.6 Å². The zero-order valence-corrected chi connectivity index (χ0v) is 19.3. The first-order valence-corrected chi connectivity index (χ1v) is 12.8. The normalized spacial score (nSPS) is 11.4. The van der Waals surface area contributed by atoms with Gasteiger partial charge in [0.1, 0.15) is 0 Å². The average Bonchev–Trinajstić information content (AvgIpc) is 3.11. The number of anilines is 1. The number of fused-ring (bicyclic) bond motifs is 3. The van der Waals surface area contributed by atoms with Crippen molar-refractivity contribution >= 4 is 64.3 Å². The van der Waals surface area contributed by atoms with Crippen molar-refractivity contribution in [2.24, 2.45) is 0 Å². The van der Waals surface area contributed by atoms with Gasteiger partial charge in [-0.25, -0.2) is 0 Å². The molecule has 1 aromatic heterocycles. The van der Waals surface area contributed by atoms with Crippen LogP contribution in [0.3, 0.4) is 0 Å². The molecule has 0 saturated heterocycles. The number of rotatable bonds is 13. The zero-order chi connectivity index (χ0) is 20.5. The summed E-state index contributed by atoms with van der Waals surface area (Å²) in [6.45, 7) is 3.11. The first kappa shape index (κ1) is 22.4. The summed E-state index contributed by atoms with van der Waals surface area (Å²) in [5.41, 5.74) is 4.30. The van der Waals surface area contributed by atoms with Gasteiger partial charge >= 0.3 is 0 Å². The van der Waals surface area contributed by atoms with Crippen molar-refractivity contribution < 1.29 is 18.5 Å². The number of hydrogen-bond acceptors (Lipinski definition) is 5. The molecule has 0 spiro atoms. The fourth-order valence-corrected chi connectivity index (χ4v) is 3.88. The highest BCUT2D eigenvalue weighted by Crippen LogP contribution is 2.29. The Hall–Kier alpha value is -1.33. The lowest BCUT2D eigenvalue weighted by atomic mass is 10.1. The van der Waals surface area contributed by atoms with Gasteiger partial charge in [-0.05, 0) is 36.6 Å². The Morgan fingerprint density at radius 1 is 1.00 bits per heavy atom. The van der Waals surface area contributed by atoms with E-state index < -0.39 is 0 Å². The van der Waals surface area contributed by atoms with Gasteiger partial charge in [0.15, 0.2) is 0 Å². The van der Waals surface area contributed by atoms with Crippen LogP contribution in [0.25, 0.3) is 21.8 Å². The number of nitrogens with one attached hydrogen (secondary N) is 1. The molecule has 0 aliphatic heterocycles. The Kier molecular flexibility index (Phi) is 9.06. The van der Waals surface area contributed by atoms with E-state index in [0.29, 0.717) is 26.4 Å². The van der Waals surface area contributed by atoms with Gasteiger partial charge in [-0.3, -0.25) is 4.79 Å². The second-order valence-electron chi connectivity index (χ2n) is 6.66. The molecule has 0 atom stereocenters. The molecule has 0 aliphatic carbocycles. The van der Waals surface area contributed by atoms with E-state index in [1.54, 1.807) is 11.9 Å². The van der Waals surface area contributed by atoms with Gasteiger partial charge in [0, 0.05) is 62.4 Å². The fourth-order valence-electron chi connectivity index (χ4n) is 3.21. The molecule has 3 aromatic rings. The van der Waals surface area contributed by atoms with Crippen LogP contribution in [0.2, 0.25) is 0 Å². The summed E-state index contributed by atoms with van der Waals surface area (Å²) >= 11 is 2.09. The van der Waals surface area contributed by atoms with Crippen LogP contribution in [0.4, 0.5) is 5.69 Å². The van der Waals surface area contributed by atoms with Crippen LogP contribution in [0.15, 0.2) is 36.4 Å². The predicted octanol–water partition coefficient (Wildman–Crippen LogP) is 4.89. The number of H-pyrrole nitrogens is 1. The molecule has 29 heavy (non-hydrogen) atoms. The molecule has 6 nitrogen and oxygen atoms in total. The molecule has 0 unspecified atom stereocenters. The van der Waals surface area contributed by atoms with Crippen LogP contribution in [0, 0.1) is 0 Å². The van der Waals surface area contributed by atoms with E-state index in [1.165, 1.54) is 25.5 Å². The molecule has 1 heterocycles. The van der Waals surface area contributed by atoms with E-state index in [9.17, 15) is 4.79 Å². The van der Waals surface area contributed by atoms with E-state index in [4.69, 9.17) is 13.7 Å². The minimum atomic E-state index is 0.594. The Morgan fingerprint density at radius 3 is 2.45 bits per heavy atom. The molecule has 0 fully saturated rings. The molecule has 0 saturated carbocycles. The highest BCUT2D eigenvalue weighted by molar-refractivity contribution is 14.2. The zero-order valence-electron chi connectivity index (χ0n) is 16.4. The first-order valence-electron chi connectivity index (χ1n) is 9.51. The summed E-state index contributed by atoms with van der Waals surface area (Å²) in [6, 6.07) is 12.6. The van der Waals surface area contributed by atoms with E-state index in [2.05, 4.69) is 50.5 Å². The van der Waals surface area contributed by atoms with E-state index in [0.717, 1.165) is 42.6 Å². The van der Waals surface area contributed by atoms with Gasteiger partial charge in [0.2, 0.25) is 6.41 Å². The molecular weight excluding hydrogens is 503 g/mol. The number of aromatic nitrogens is 1. The number of carbonyl (C=O) groups excluding carboxylic acids is 1. The number of aryl methyl sites for hydroxylation is 1. The van der Waals surface area contributed by atoms with Crippen molar-refractivity contribution in [1.82, 2.24) is 4.98 Å². The summed E-state index contributed by atoms with van der Waals surface area (Å²) in [6.07, 6.45) is 2.75. The minimum absolute atomic E-state index is 0.594. The Bertz CT molecular complexity index is 934. The molecule has 156 valence electrons. The number of ether oxygens (including phenoxy) is 2. The Balaban J connectivity index is 1.48. The largest absolute Gasteiger partial charge is 0.379 e. The average molecular weight is 528 g/mol. The molecular formula is C21H25IN2O4S. The monoisotopic (exact) mass is 528 g/mol. The second-order valence-corrected chi connectivity index (χ2v) is 8.10. The van der Waals surface area contributed by atoms with Crippen molar-refractivity contribution in [3.8, 4) is 0 Å². The van der Waals surface area contributed by atoms with Crippen LogP contribution in [-0.4, -0.2) is 51.5 Å². The van der Waals surface area contributed by atoms with Gasteiger partial charge in [-0.15, -0.1) is 0 Å². The molecule has 0 bridgehead atoms. The highest BCUT2D eigenvalue weighted by Gasteiger charge is 2.07.